The number of anilines is 1. The molecule has 0 saturated carbocycles. The number of nitro groups is 1. The molecular formula is C20H17N3O5. The molecule has 0 atom stereocenters. The van der Waals surface area contributed by atoms with Gasteiger partial charge in [0.1, 0.15) is 6.61 Å². The van der Waals surface area contributed by atoms with Crippen molar-refractivity contribution in [3.8, 4) is 11.8 Å². The third kappa shape index (κ3) is 4.86. The second-order valence-corrected chi connectivity index (χ2v) is 5.99. The number of hydrogen-bond acceptors (Lipinski definition) is 5. The number of non-ortho nitro benzene ring substituents is 1. The van der Waals surface area contributed by atoms with E-state index in [1.54, 1.807) is 41.3 Å². The molecule has 0 unspecified atom stereocenters. The molecule has 1 heterocycles. The molecular weight excluding hydrogens is 362 g/mol. The highest BCUT2D eigenvalue weighted by atomic mass is 16.6. The van der Waals surface area contributed by atoms with Crippen LogP contribution in [0.5, 0.6) is 0 Å². The van der Waals surface area contributed by atoms with Crippen molar-refractivity contribution in [1.29, 1.82) is 0 Å². The lowest BCUT2D eigenvalue weighted by molar-refractivity contribution is -0.384. The van der Waals surface area contributed by atoms with Gasteiger partial charge in [0, 0.05) is 23.4 Å². The number of hydrogen-bond donors (Lipinski definition) is 1. The number of rotatable bonds is 5. The number of nitrogens with one attached hydrogen (secondary N) is 1. The van der Waals surface area contributed by atoms with Gasteiger partial charge in [0.25, 0.3) is 5.69 Å². The van der Waals surface area contributed by atoms with Crippen LogP contribution in [0.1, 0.15) is 11.1 Å². The molecule has 1 saturated heterocycles. The Morgan fingerprint density at radius 2 is 1.89 bits per heavy atom. The fourth-order valence-corrected chi connectivity index (χ4v) is 2.63. The van der Waals surface area contributed by atoms with Gasteiger partial charge in [0.2, 0.25) is 5.91 Å². The van der Waals surface area contributed by atoms with Gasteiger partial charge in [-0.05, 0) is 29.8 Å². The van der Waals surface area contributed by atoms with Crippen LogP contribution in [-0.2, 0) is 16.0 Å². The number of cyclic esters (lactones) is 1. The molecule has 1 aliphatic rings. The van der Waals surface area contributed by atoms with Gasteiger partial charge < -0.3 is 10.1 Å². The number of carbonyl (C=O) groups is 2. The van der Waals surface area contributed by atoms with Gasteiger partial charge >= 0.3 is 6.09 Å². The van der Waals surface area contributed by atoms with Crippen molar-refractivity contribution in [3.63, 3.8) is 0 Å². The van der Waals surface area contributed by atoms with Crippen LogP contribution in [-0.4, -0.2) is 36.6 Å². The molecule has 3 rings (SSSR count). The zero-order valence-corrected chi connectivity index (χ0v) is 14.9. The van der Waals surface area contributed by atoms with Gasteiger partial charge in [-0.2, -0.15) is 0 Å². The maximum Gasteiger partial charge on any atom is 0.414 e. The molecule has 8 heteroatoms. The highest BCUT2D eigenvalue weighted by molar-refractivity contribution is 5.89. The smallest absolute Gasteiger partial charge is 0.414 e. The van der Waals surface area contributed by atoms with Crippen molar-refractivity contribution in [2.24, 2.45) is 0 Å². The lowest BCUT2D eigenvalue weighted by Gasteiger charge is -2.11. The van der Waals surface area contributed by atoms with E-state index in [-0.39, 0.29) is 30.7 Å². The van der Waals surface area contributed by atoms with Crippen molar-refractivity contribution in [3.05, 3.63) is 69.8 Å². The van der Waals surface area contributed by atoms with E-state index in [0.717, 1.165) is 11.3 Å². The van der Waals surface area contributed by atoms with E-state index in [2.05, 4.69) is 17.2 Å². The molecule has 1 fully saturated rings. The highest BCUT2D eigenvalue weighted by Crippen LogP contribution is 2.18. The van der Waals surface area contributed by atoms with Gasteiger partial charge in [-0.3, -0.25) is 19.8 Å². The lowest BCUT2D eigenvalue weighted by atomic mass is 10.1. The van der Waals surface area contributed by atoms with Crippen LogP contribution in [0.2, 0.25) is 0 Å². The van der Waals surface area contributed by atoms with E-state index in [9.17, 15) is 19.7 Å². The summed E-state index contributed by atoms with van der Waals surface area (Å²) in [6.45, 7) is 1.11. The molecule has 2 aromatic rings. The molecule has 1 aliphatic heterocycles. The van der Waals surface area contributed by atoms with Crippen LogP contribution in [0.3, 0.4) is 0 Å². The maximum absolute atomic E-state index is 11.9. The molecule has 2 amide bonds. The number of nitrogens with zero attached hydrogens (tertiary/aromatic N) is 2. The van der Waals surface area contributed by atoms with E-state index >= 15 is 0 Å². The molecule has 0 bridgehead atoms. The average molecular weight is 379 g/mol. The topological polar surface area (TPSA) is 102 Å². The van der Waals surface area contributed by atoms with Crippen LogP contribution >= 0.6 is 0 Å². The van der Waals surface area contributed by atoms with Crippen LogP contribution in [0, 0.1) is 22.0 Å². The van der Waals surface area contributed by atoms with E-state index in [0.29, 0.717) is 18.7 Å². The number of carbonyl (C=O) groups excluding carboxylic acids is 2. The standard InChI is InChI=1S/C20H17N3O5/c24-19(14-16-5-9-18(10-6-16)23(26)27)21-11-1-2-15-3-7-17(8-4-15)22-12-13-28-20(22)25/h3-10H,11-14H2,(H,21,24). The Balaban J connectivity index is 1.47. The summed E-state index contributed by atoms with van der Waals surface area (Å²) in [6, 6.07) is 13.0. The Morgan fingerprint density at radius 3 is 2.50 bits per heavy atom. The minimum Gasteiger partial charge on any atom is -0.447 e. The summed E-state index contributed by atoms with van der Waals surface area (Å²) in [5, 5.41) is 13.3. The maximum atomic E-state index is 11.9. The Kier molecular flexibility index (Phi) is 5.87. The molecule has 2 aromatic carbocycles. The number of amides is 2. The van der Waals surface area contributed by atoms with Gasteiger partial charge in [0.15, 0.2) is 0 Å². The Bertz CT molecular complexity index is 943. The Morgan fingerprint density at radius 1 is 1.18 bits per heavy atom. The average Bonchev–Trinajstić information content (AvgIpc) is 3.12. The monoisotopic (exact) mass is 379 g/mol. The first-order valence-corrected chi connectivity index (χ1v) is 8.56. The summed E-state index contributed by atoms with van der Waals surface area (Å²) in [5.41, 5.74) is 2.19. The fourth-order valence-electron chi connectivity index (χ4n) is 2.63. The van der Waals surface area contributed by atoms with Gasteiger partial charge in [-0.1, -0.05) is 24.0 Å². The SMILES string of the molecule is O=C(Cc1ccc([N+](=O)[O-])cc1)NCC#Cc1ccc(N2CCOC2=O)cc1. The summed E-state index contributed by atoms with van der Waals surface area (Å²) in [6.07, 6.45) is -0.227. The predicted molar refractivity (Wildman–Crippen MR) is 102 cm³/mol. The predicted octanol–water partition coefficient (Wildman–Crippen LogP) is 2.26. The lowest BCUT2D eigenvalue weighted by Crippen LogP contribution is -2.25. The molecule has 0 aromatic heterocycles. The molecule has 28 heavy (non-hydrogen) atoms. The first-order valence-electron chi connectivity index (χ1n) is 8.56. The summed E-state index contributed by atoms with van der Waals surface area (Å²) < 4.78 is 4.90. The van der Waals surface area contributed by atoms with E-state index in [1.165, 1.54) is 12.1 Å². The minimum atomic E-state index is -0.483. The van der Waals surface area contributed by atoms with Crippen LogP contribution < -0.4 is 10.2 Å². The summed E-state index contributed by atoms with van der Waals surface area (Å²) in [7, 11) is 0. The van der Waals surface area contributed by atoms with Crippen LogP contribution in [0.15, 0.2) is 48.5 Å². The Hall–Kier alpha value is -3.86. The molecule has 1 N–H and O–H groups in total. The quantitative estimate of drug-likeness (QED) is 0.488. The number of benzene rings is 2. The van der Waals surface area contributed by atoms with Crippen LogP contribution in [0.25, 0.3) is 0 Å². The van der Waals surface area contributed by atoms with Crippen molar-refractivity contribution < 1.29 is 19.2 Å². The summed E-state index contributed by atoms with van der Waals surface area (Å²) in [4.78, 5) is 35.1. The highest BCUT2D eigenvalue weighted by Gasteiger charge is 2.23. The number of ether oxygens (including phenoxy) is 1. The van der Waals surface area contributed by atoms with E-state index < -0.39 is 4.92 Å². The summed E-state index contributed by atoms with van der Waals surface area (Å²) >= 11 is 0. The summed E-state index contributed by atoms with van der Waals surface area (Å²) in [5.74, 6) is 5.59. The Labute approximate surface area is 161 Å². The third-order valence-electron chi connectivity index (χ3n) is 4.06. The van der Waals surface area contributed by atoms with Gasteiger partial charge in [0.05, 0.1) is 24.4 Å². The van der Waals surface area contributed by atoms with E-state index in [1.807, 2.05) is 0 Å². The number of nitro benzene ring substituents is 1. The zero-order valence-electron chi connectivity index (χ0n) is 14.9. The van der Waals surface area contributed by atoms with Crippen LogP contribution in [0.4, 0.5) is 16.2 Å². The molecule has 0 aliphatic carbocycles. The molecule has 0 spiro atoms. The largest absolute Gasteiger partial charge is 0.447 e. The normalized spacial score (nSPS) is 12.7. The molecule has 142 valence electrons. The first-order chi connectivity index (χ1) is 13.5. The molecule has 0 radical (unpaired) electrons. The fraction of sp³-hybridized carbons (Fsp3) is 0.200. The third-order valence-corrected chi connectivity index (χ3v) is 4.06. The van der Waals surface area contributed by atoms with E-state index in [4.69, 9.17) is 4.74 Å². The molecule has 8 nitrogen and oxygen atoms in total. The minimum absolute atomic E-state index is 0.0114. The second-order valence-electron chi connectivity index (χ2n) is 5.99. The second kappa shape index (κ2) is 8.68. The van der Waals surface area contributed by atoms with Gasteiger partial charge in [-0.15, -0.1) is 0 Å². The van der Waals surface area contributed by atoms with Crippen molar-refractivity contribution in [2.45, 2.75) is 6.42 Å². The zero-order chi connectivity index (χ0) is 19.9. The van der Waals surface area contributed by atoms with Crippen molar-refractivity contribution in [1.82, 2.24) is 5.32 Å². The van der Waals surface area contributed by atoms with Crippen molar-refractivity contribution in [2.75, 3.05) is 24.6 Å². The first kappa shape index (κ1) is 18.9. The van der Waals surface area contributed by atoms with Crippen molar-refractivity contribution >= 4 is 23.4 Å². The van der Waals surface area contributed by atoms with Gasteiger partial charge in [-0.25, -0.2) is 4.79 Å².